The van der Waals surface area contributed by atoms with E-state index in [1.54, 1.807) is 12.1 Å². The van der Waals surface area contributed by atoms with Crippen LogP contribution in [0.3, 0.4) is 0 Å². The number of likely N-dealkylation sites (tertiary alicyclic amines) is 1. The predicted octanol–water partition coefficient (Wildman–Crippen LogP) is 3.05. The molecule has 1 aliphatic heterocycles. The molecule has 0 unspecified atom stereocenters. The van der Waals surface area contributed by atoms with Crippen LogP contribution in [0.2, 0.25) is 5.02 Å². The van der Waals surface area contributed by atoms with Crippen LogP contribution in [-0.2, 0) is 9.59 Å². The lowest BCUT2D eigenvalue weighted by Gasteiger charge is -2.25. The third-order valence-corrected chi connectivity index (χ3v) is 4.89. The van der Waals surface area contributed by atoms with Crippen LogP contribution in [-0.4, -0.2) is 44.9 Å². The maximum Gasteiger partial charge on any atom is 0.295 e. The summed E-state index contributed by atoms with van der Waals surface area (Å²) < 4.78 is 0. The van der Waals surface area contributed by atoms with Gasteiger partial charge in [-0.25, -0.2) is 0 Å². The molecule has 29 heavy (non-hydrogen) atoms. The highest BCUT2D eigenvalue weighted by Crippen LogP contribution is 2.39. The van der Waals surface area contributed by atoms with Crippen LogP contribution in [0.25, 0.3) is 5.76 Å². The van der Waals surface area contributed by atoms with Gasteiger partial charge in [0.25, 0.3) is 17.4 Å². The van der Waals surface area contributed by atoms with Crippen molar-refractivity contribution in [3.63, 3.8) is 0 Å². The molecule has 1 fully saturated rings. The minimum Gasteiger partial charge on any atom is -0.507 e. The monoisotopic (exact) mass is 416 g/mol. The summed E-state index contributed by atoms with van der Waals surface area (Å²) in [6.07, 6.45) is 0.234. The lowest BCUT2D eigenvalue weighted by molar-refractivity contribution is -0.384. The number of benzene rings is 2. The van der Waals surface area contributed by atoms with Crippen molar-refractivity contribution in [1.82, 2.24) is 4.90 Å². The molecule has 9 heteroatoms. The lowest BCUT2D eigenvalue weighted by atomic mass is 9.95. The van der Waals surface area contributed by atoms with Crippen LogP contribution < -0.4 is 0 Å². The first-order valence-corrected chi connectivity index (χ1v) is 9.12. The lowest BCUT2D eigenvalue weighted by Crippen LogP contribution is -2.31. The zero-order valence-corrected chi connectivity index (χ0v) is 15.9. The number of non-ortho nitro benzene ring substituents is 1. The van der Waals surface area contributed by atoms with E-state index in [0.717, 1.165) is 0 Å². The van der Waals surface area contributed by atoms with Gasteiger partial charge < -0.3 is 15.1 Å². The van der Waals surface area contributed by atoms with Crippen LogP contribution in [0.15, 0.2) is 54.1 Å². The second-order valence-electron chi connectivity index (χ2n) is 6.43. The van der Waals surface area contributed by atoms with E-state index in [-0.39, 0.29) is 36.6 Å². The molecular weight excluding hydrogens is 400 g/mol. The number of nitro groups is 1. The van der Waals surface area contributed by atoms with Gasteiger partial charge in [-0.15, -0.1) is 0 Å². The molecule has 0 saturated carbocycles. The Morgan fingerprint density at radius 2 is 1.72 bits per heavy atom. The topological polar surface area (TPSA) is 121 Å². The summed E-state index contributed by atoms with van der Waals surface area (Å²) in [6, 6.07) is 10.6. The minimum absolute atomic E-state index is 0.0835. The van der Waals surface area contributed by atoms with Crippen molar-refractivity contribution in [2.45, 2.75) is 12.5 Å². The number of carbonyl (C=O) groups excluding carboxylic acids is 2. The Kier molecular flexibility index (Phi) is 5.95. The predicted molar refractivity (Wildman–Crippen MR) is 105 cm³/mol. The molecule has 1 atom stereocenters. The second kappa shape index (κ2) is 8.42. The molecule has 3 rings (SSSR count). The summed E-state index contributed by atoms with van der Waals surface area (Å²) in [5.41, 5.74) is 0.479. The zero-order valence-electron chi connectivity index (χ0n) is 15.1. The molecule has 0 radical (unpaired) electrons. The number of aliphatic hydroxyl groups is 2. The summed E-state index contributed by atoms with van der Waals surface area (Å²) in [5.74, 6) is -2.04. The minimum atomic E-state index is -0.932. The summed E-state index contributed by atoms with van der Waals surface area (Å²) >= 11 is 5.87. The van der Waals surface area contributed by atoms with Gasteiger partial charge in [0.1, 0.15) is 5.76 Å². The molecular formula is C20H17ClN2O6. The Labute approximate surface area is 170 Å². The van der Waals surface area contributed by atoms with Crippen LogP contribution in [0.4, 0.5) is 5.69 Å². The van der Waals surface area contributed by atoms with Crippen molar-refractivity contribution in [2.75, 3.05) is 13.2 Å². The zero-order chi connectivity index (χ0) is 21.1. The van der Waals surface area contributed by atoms with Crippen LogP contribution in [0.1, 0.15) is 23.6 Å². The molecule has 8 nitrogen and oxygen atoms in total. The molecule has 0 aliphatic carbocycles. The van der Waals surface area contributed by atoms with Gasteiger partial charge in [0, 0.05) is 35.9 Å². The fraction of sp³-hybridized carbons (Fsp3) is 0.200. The van der Waals surface area contributed by atoms with E-state index < -0.39 is 22.7 Å². The van der Waals surface area contributed by atoms with Crippen LogP contribution in [0.5, 0.6) is 0 Å². The highest BCUT2D eigenvalue weighted by Gasteiger charge is 2.45. The second-order valence-corrected chi connectivity index (χ2v) is 6.86. The Morgan fingerprint density at radius 1 is 1.10 bits per heavy atom. The van der Waals surface area contributed by atoms with Crippen LogP contribution >= 0.6 is 11.6 Å². The first-order valence-electron chi connectivity index (χ1n) is 8.74. The van der Waals surface area contributed by atoms with Crippen molar-refractivity contribution < 1.29 is 24.7 Å². The summed E-state index contributed by atoms with van der Waals surface area (Å²) in [7, 11) is 0. The standard InChI is InChI=1S/C20H17ClN2O6/c21-14-6-2-13(3-7-14)18(25)16-17(12-4-8-15(9-5-12)23(28)29)22(10-1-11-24)20(27)19(16)26/h2-9,17,24-25H,1,10-11H2/t17-/m0/s1. The SMILES string of the molecule is O=C1C(=O)N(CCCO)[C@@H](c2ccc([N+](=O)[O-])cc2)C1=C(O)c1ccc(Cl)cc1. The number of ketones is 1. The van der Waals surface area contributed by atoms with E-state index >= 15 is 0 Å². The fourth-order valence-electron chi connectivity index (χ4n) is 3.24. The molecule has 0 spiro atoms. The van der Waals surface area contributed by atoms with Crippen molar-refractivity contribution in [1.29, 1.82) is 0 Å². The van der Waals surface area contributed by atoms with Crippen molar-refractivity contribution in [3.8, 4) is 0 Å². The van der Waals surface area contributed by atoms with Gasteiger partial charge in [-0.1, -0.05) is 11.6 Å². The summed E-state index contributed by atoms with van der Waals surface area (Å²) in [4.78, 5) is 36.9. The smallest absolute Gasteiger partial charge is 0.295 e. The molecule has 150 valence electrons. The average Bonchev–Trinajstić information content (AvgIpc) is 2.97. The van der Waals surface area contributed by atoms with Gasteiger partial charge in [-0.05, 0) is 48.4 Å². The largest absolute Gasteiger partial charge is 0.507 e. The molecule has 0 aromatic heterocycles. The van der Waals surface area contributed by atoms with E-state index in [1.165, 1.54) is 41.3 Å². The molecule has 1 saturated heterocycles. The van der Waals surface area contributed by atoms with Crippen LogP contribution in [0, 0.1) is 10.1 Å². The Morgan fingerprint density at radius 3 is 2.28 bits per heavy atom. The molecule has 1 amide bonds. The number of rotatable bonds is 6. The highest BCUT2D eigenvalue weighted by atomic mass is 35.5. The van der Waals surface area contributed by atoms with Gasteiger partial charge in [-0.2, -0.15) is 0 Å². The Balaban J connectivity index is 2.14. The molecule has 2 aromatic rings. The van der Waals surface area contributed by atoms with E-state index in [0.29, 0.717) is 16.1 Å². The van der Waals surface area contributed by atoms with Crippen molar-refractivity contribution >= 4 is 34.7 Å². The summed E-state index contributed by atoms with van der Waals surface area (Å²) in [6.45, 7) is -0.104. The van der Waals surface area contributed by atoms with Gasteiger partial charge in [0.15, 0.2) is 0 Å². The van der Waals surface area contributed by atoms with Gasteiger partial charge in [-0.3, -0.25) is 19.7 Å². The first-order chi connectivity index (χ1) is 13.8. The quantitative estimate of drug-likeness (QED) is 0.245. The number of Topliss-reactive ketones (excluding diaryl/α,β-unsaturated/α-hetero) is 1. The Bertz CT molecular complexity index is 985. The molecule has 0 bridgehead atoms. The number of nitrogens with zero attached hydrogens (tertiary/aromatic N) is 2. The molecule has 1 heterocycles. The van der Waals surface area contributed by atoms with Crippen molar-refractivity contribution in [2.24, 2.45) is 0 Å². The summed E-state index contributed by atoms with van der Waals surface area (Å²) in [5, 5.41) is 31.3. The van der Waals surface area contributed by atoms with E-state index in [1.807, 2.05) is 0 Å². The maximum absolute atomic E-state index is 12.7. The van der Waals surface area contributed by atoms with Gasteiger partial charge in [0.2, 0.25) is 0 Å². The Hall–Kier alpha value is -3.23. The normalized spacial score (nSPS) is 18.3. The van der Waals surface area contributed by atoms with Crippen molar-refractivity contribution in [3.05, 3.63) is 80.4 Å². The molecule has 1 aliphatic rings. The van der Waals surface area contributed by atoms with E-state index in [9.17, 15) is 24.8 Å². The highest BCUT2D eigenvalue weighted by molar-refractivity contribution is 6.46. The number of amides is 1. The first kappa shape index (κ1) is 20.5. The average molecular weight is 417 g/mol. The third kappa shape index (κ3) is 3.98. The van der Waals surface area contributed by atoms with Gasteiger partial charge in [0.05, 0.1) is 16.5 Å². The number of carbonyl (C=O) groups is 2. The number of nitro benzene ring substituents is 1. The molecule has 2 N–H and O–H groups in total. The number of hydrogen-bond donors (Lipinski definition) is 2. The number of aliphatic hydroxyl groups excluding tert-OH is 2. The number of halogens is 1. The van der Waals surface area contributed by atoms with E-state index in [4.69, 9.17) is 16.7 Å². The number of hydrogen-bond acceptors (Lipinski definition) is 6. The van der Waals surface area contributed by atoms with E-state index in [2.05, 4.69) is 0 Å². The maximum atomic E-state index is 12.7. The fourth-order valence-corrected chi connectivity index (χ4v) is 3.37. The molecule has 2 aromatic carbocycles. The third-order valence-electron chi connectivity index (χ3n) is 4.63. The van der Waals surface area contributed by atoms with Gasteiger partial charge >= 0.3 is 0 Å².